The minimum Gasteiger partial charge on any atom is -0.428 e. The van der Waals surface area contributed by atoms with Crippen LogP contribution < -0.4 is 0 Å². The molecule has 0 aliphatic heterocycles. The Morgan fingerprint density at radius 2 is 1.43 bits per heavy atom. The van der Waals surface area contributed by atoms with Crippen molar-refractivity contribution in [2.75, 3.05) is 13.2 Å². The number of hydrogen-bond donors (Lipinski definition) is 0. The molecule has 0 aliphatic rings. The van der Waals surface area contributed by atoms with Gasteiger partial charge < -0.3 is 8.85 Å². The Labute approximate surface area is 50.3 Å². The van der Waals surface area contributed by atoms with Gasteiger partial charge in [-0.05, 0) is 6.42 Å². The van der Waals surface area contributed by atoms with Crippen LogP contribution >= 0.6 is 0 Å². The van der Waals surface area contributed by atoms with Crippen molar-refractivity contribution in [1.29, 1.82) is 0 Å². The maximum absolute atomic E-state index is 4.92. The highest BCUT2D eigenvalue weighted by Crippen LogP contribution is 1.77. The van der Waals surface area contributed by atoms with E-state index in [9.17, 15) is 0 Å². The van der Waals surface area contributed by atoms with Crippen molar-refractivity contribution >= 4 is 21.0 Å². The second-order valence-electron chi connectivity index (χ2n) is 1.34. The number of rotatable bonds is 4. The molecule has 0 heterocycles. The minimum atomic E-state index is 0.862. The standard InChI is InChI=1S/C3H12O2Si2/c6-4-2-1-3-5-7/h1-3H2,6-7H3. The first-order valence-corrected chi connectivity index (χ1v) is 4.03. The van der Waals surface area contributed by atoms with Crippen LogP contribution in [-0.2, 0) is 8.85 Å². The molecule has 0 saturated carbocycles. The first-order chi connectivity index (χ1) is 3.41. The molecule has 0 N–H and O–H groups in total. The SMILES string of the molecule is [SiH3]OCCCO[SiH3]. The summed E-state index contributed by atoms with van der Waals surface area (Å²) in [6, 6.07) is 0. The quantitative estimate of drug-likeness (QED) is 0.328. The van der Waals surface area contributed by atoms with Gasteiger partial charge in [0, 0.05) is 13.2 Å². The van der Waals surface area contributed by atoms with Crippen molar-refractivity contribution in [3.8, 4) is 0 Å². The molecule has 0 fully saturated rings. The van der Waals surface area contributed by atoms with Crippen LogP contribution in [0.15, 0.2) is 0 Å². The third kappa shape index (κ3) is 6.35. The zero-order valence-electron chi connectivity index (χ0n) is 4.94. The summed E-state index contributed by atoms with van der Waals surface area (Å²) in [7, 11) is 1.72. The summed E-state index contributed by atoms with van der Waals surface area (Å²) >= 11 is 0. The molecule has 2 nitrogen and oxygen atoms in total. The molecule has 0 radical (unpaired) electrons. The Morgan fingerprint density at radius 1 is 1.00 bits per heavy atom. The third-order valence-electron chi connectivity index (χ3n) is 0.697. The monoisotopic (exact) mass is 136 g/mol. The zero-order chi connectivity index (χ0) is 5.54. The first-order valence-electron chi connectivity index (χ1n) is 2.39. The van der Waals surface area contributed by atoms with E-state index in [2.05, 4.69) is 0 Å². The molecular weight excluding hydrogens is 124 g/mol. The molecule has 0 unspecified atom stereocenters. The van der Waals surface area contributed by atoms with E-state index < -0.39 is 0 Å². The zero-order valence-corrected chi connectivity index (χ0v) is 8.94. The highest BCUT2D eigenvalue weighted by atomic mass is 28.2. The smallest absolute Gasteiger partial charge is 0.145 e. The van der Waals surface area contributed by atoms with E-state index in [1.54, 1.807) is 0 Å². The topological polar surface area (TPSA) is 18.5 Å². The molecule has 0 rings (SSSR count). The van der Waals surface area contributed by atoms with Crippen molar-refractivity contribution in [3.05, 3.63) is 0 Å². The molecule has 0 bridgehead atoms. The van der Waals surface area contributed by atoms with Gasteiger partial charge in [-0.3, -0.25) is 0 Å². The van der Waals surface area contributed by atoms with E-state index in [0.717, 1.165) is 40.6 Å². The molecule has 4 heteroatoms. The van der Waals surface area contributed by atoms with E-state index in [1.807, 2.05) is 0 Å². The summed E-state index contributed by atoms with van der Waals surface area (Å²) in [6.45, 7) is 1.77. The molecule has 7 heavy (non-hydrogen) atoms. The molecule has 0 saturated heterocycles. The molecule has 0 aromatic heterocycles. The first kappa shape index (κ1) is 7.35. The van der Waals surface area contributed by atoms with E-state index in [0.29, 0.717) is 0 Å². The lowest BCUT2D eigenvalue weighted by Gasteiger charge is -1.95. The lowest BCUT2D eigenvalue weighted by Crippen LogP contribution is -1.95. The summed E-state index contributed by atoms with van der Waals surface area (Å²) < 4.78 is 9.84. The predicted octanol–water partition coefficient (Wildman–Crippen LogP) is -2.03. The fourth-order valence-electron chi connectivity index (χ4n) is 0.348. The molecule has 0 atom stereocenters. The van der Waals surface area contributed by atoms with E-state index in [4.69, 9.17) is 8.85 Å². The maximum Gasteiger partial charge on any atom is 0.145 e. The Hall–Kier alpha value is 0.354. The van der Waals surface area contributed by atoms with Crippen LogP contribution in [0.1, 0.15) is 6.42 Å². The summed E-state index contributed by atoms with van der Waals surface area (Å²) in [6.07, 6.45) is 1.06. The van der Waals surface area contributed by atoms with Crippen molar-refractivity contribution in [1.82, 2.24) is 0 Å². The molecule has 0 aliphatic carbocycles. The van der Waals surface area contributed by atoms with Crippen molar-refractivity contribution in [2.45, 2.75) is 6.42 Å². The fraction of sp³-hybridized carbons (Fsp3) is 1.00. The average molecular weight is 136 g/mol. The Morgan fingerprint density at radius 3 is 1.71 bits per heavy atom. The van der Waals surface area contributed by atoms with Crippen LogP contribution in [0.25, 0.3) is 0 Å². The number of hydrogen-bond acceptors (Lipinski definition) is 2. The largest absolute Gasteiger partial charge is 0.428 e. The van der Waals surface area contributed by atoms with E-state index >= 15 is 0 Å². The van der Waals surface area contributed by atoms with Gasteiger partial charge in [0.05, 0.1) is 0 Å². The van der Waals surface area contributed by atoms with Gasteiger partial charge in [-0.1, -0.05) is 0 Å². The van der Waals surface area contributed by atoms with Gasteiger partial charge in [0.2, 0.25) is 0 Å². The lowest BCUT2D eigenvalue weighted by molar-refractivity contribution is 0.272. The highest BCUT2D eigenvalue weighted by molar-refractivity contribution is 5.98. The van der Waals surface area contributed by atoms with E-state index in [-0.39, 0.29) is 0 Å². The minimum absolute atomic E-state index is 0.862. The Balaban J connectivity index is 2.45. The molecule has 0 spiro atoms. The summed E-state index contributed by atoms with van der Waals surface area (Å²) in [5, 5.41) is 0. The predicted molar refractivity (Wildman–Crippen MR) is 36.4 cm³/mol. The van der Waals surface area contributed by atoms with Crippen LogP contribution in [0.3, 0.4) is 0 Å². The van der Waals surface area contributed by atoms with Gasteiger partial charge in [-0.2, -0.15) is 0 Å². The van der Waals surface area contributed by atoms with Gasteiger partial charge in [0.1, 0.15) is 21.0 Å². The van der Waals surface area contributed by atoms with Gasteiger partial charge in [-0.25, -0.2) is 0 Å². The molecule has 44 valence electrons. The van der Waals surface area contributed by atoms with Gasteiger partial charge in [0.25, 0.3) is 0 Å². The second-order valence-corrected chi connectivity index (χ2v) is 2.49. The van der Waals surface area contributed by atoms with Crippen LogP contribution in [0.2, 0.25) is 0 Å². The fourth-order valence-corrected chi connectivity index (χ4v) is 0.925. The summed E-state index contributed by atoms with van der Waals surface area (Å²) in [5.74, 6) is 0. The van der Waals surface area contributed by atoms with E-state index in [1.165, 1.54) is 0 Å². The lowest BCUT2D eigenvalue weighted by atomic mass is 10.5. The van der Waals surface area contributed by atoms with Crippen molar-refractivity contribution < 1.29 is 8.85 Å². The van der Waals surface area contributed by atoms with Crippen molar-refractivity contribution in [2.24, 2.45) is 0 Å². The van der Waals surface area contributed by atoms with Gasteiger partial charge in [-0.15, -0.1) is 0 Å². The highest BCUT2D eigenvalue weighted by Gasteiger charge is 1.78. The van der Waals surface area contributed by atoms with Gasteiger partial charge in [0.15, 0.2) is 0 Å². The van der Waals surface area contributed by atoms with Crippen LogP contribution in [-0.4, -0.2) is 34.2 Å². The average Bonchev–Trinajstić information content (AvgIpc) is 1.69. The third-order valence-corrected chi connectivity index (χ3v) is 1.51. The van der Waals surface area contributed by atoms with Crippen LogP contribution in [0.5, 0.6) is 0 Å². The van der Waals surface area contributed by atoms with Crippen LogP contribution in [0, 0.1) is 0 Å². The Bertz CT molecular complexity index is 30.1. The second kappa shape index (κ2) is 6.35. The molecule has 0 aromatic carbocycles. The van der Waals surface area contributed by atoms with Crippen LogP contribution in [0.4, 0.5) is 0 Å². The molecular formula is C3H12O2Si2. The van der Waals surface area contributed by atoms with Crippen molar-refractivity contribution in [3.63, 3.8) is 0 Å². The summed E-state index contributed by atoms with van der Waals surface area (Å²) in [4.78, 5) is 0. The van der Waals surface area contributed by atoms with Gasteiger partial charge >= 0.3 is 0 Å². The maximum atomic E-state index is 4.92. The molecule has 0 aromatic rings. The normalized spacial score (nSPS) is 10.3. The summed E-state index contributed by atoms with van der Waals surface area (Å²) in [5.41, 5.74) is 0. The Kier molecular flexibility index (Phi) is 6.67. The molecule has 0 amide bonds.